The zero-order valence-electron chi connectivity index (χ0n) is 11.0. The van der Waals surface area contributed by atoms with Crippen LogP contribution in [0.3, 0.4) is 0 Å². The number of halogens is 1. The van der Waals surface area contributed by atoms with Gasteiger partial charge in [0, 0.05) is 22.3 Å². The Morgan fingerprint density at radius 2 is 2.10 bits per heavy atom. The molecule has 5 nitrogen and oxygen atoms in total. The molecule has 0 saturated heterocycles. The van der Waals surface area contributed by atoms with Crippen LogP contribution in [0.25, 0.3) is 11.3 Å². The highest BCUT2D eigenvalue weighted by Gasteiger charge is 2.17. The molecule has 1 aromatic heterocycles. The van der Waals surface area contributed by atoms with E-state index in [4.69, 9.17) is 0 Å². The lowest BCUT2D eigenvalue weighted by molar-refractivity contribution is 0.0696. The standard InChI is InChI=1S/C14H13BrN2O3/c1-8(2)17-7-11(13(18)19)12(16-14(17)20)9-4-3-5-10(15)6-9/h3-8H,1-2H3,(H,18,19). The van der Waals surface area contributed by atoms with Crippen LogP contribution in [0.2, 0.25) is 0 Å². The molecular formula is C14H13BrN2O3. The molecule has 6 heteroatoms. The van der Waals surface area contributed by atoms with Gasteiger partial charge in [0.25, 0.3) is 0 Å². The monoisotopic (exact) mass is 336 g/mol. The third-order valence-corrected chi connectivity index (χ3v) is 3.33. The first kappa shape index (κ1) is 14.5. The predicted molar refractivity (Wildman–Crippen MR) is 79.0 cm³/mol. The maximum Gasteiger partial charge on any atom is 0.348 e. The van der Waals surface area contributed by atoms with Gasteiger partial charge < -0.3 is 5.11 Å². The molecule has 0 radical (unpaired) electrons. The van der Waals surface area contributed by atoms with Gasteiger partial charge in [-0.2, -0.15) is 4.98 Å². The van der Waals surface area contributed by atoms with Crippen molar-refractivity contribution in [3.63, 3.8) is 0 Å². The molecule has 0 aliphatic carbocycles. The highest BCUT2D eigenvalue weighted by atomic mass is 79.9. The number of aromatic carboxylic acids is 1. The molecule has 1 heterocycles. The minimum absolute atomic E-state index is 0.0106. The summed E-state index contributed by atoms with van der Waals surface area (Å²) in [5.41, 5.74) is 0.321. The van der Waals surface area contributed by atoms with Crippen molar-refractivity contribution < 1.29 is 9.90 Å². The first-order chi connectivity index (χ1) is 9.40. The highest BCUT2D eigenvalue weighted by Crippen LogP contribution is 2.24. The molecule has 20 heavy (non-hydrogen) atoms. The topological polar surface area (TPSA) is 72.2 Å². The average Bonchev–Trinajstić information content (AvgIpc) is 2.37. The maximum absolute atomic E-state index is 12.0. The number of hydrogen-bond donors (Lipinski definition) is 1. The van der Waals surface area contributed by atoms with Gasteiger partial charge >= 0.3 is 11.7 Å². The molecule has 0 unspecified atom stereocenters. The van der Waals surface area contributed by atoms with Crippen molar-refractivity contribution in [3.8, 4) is 11.3 Å². The molecule has 0 bridgehead atoms. The van der Waals surface area contributed by atoms with E-state index in [1.165, 1.54) is 10.8 Å². The Hall–Kier alpha value is -1.95. The smallest absolute Gasteiger partial charge is 0.348 e. The van der Waals surface area contributed by atoms with Crippen molar-refractivity contribution in [2.75, 3.05) is 0 Å². The molecule has 2 aromatic rings. The Balaban J connectivity index is 2.73. The minimum atomic E-state index is -1.11. The third-order valence-electron chi connectivity index (χ3n) is 2.84. The summed E-state index contributed by atoms with van der Waals surface area (Å²) in [6, 6.07) is 6.89. The summed E-state index contributed by atoms with van der Waals surface area (Å²) in [5, 5.41) is 9.33. The van der Waals surface area contributed by atoms with Gasteiger partial charge in [-0.15, -0.1) is 0 Å². The fourth-order valence-electron chi connectivity index (χ4n) is 1.85. The van der Waals surface area contributed by atoms with Gasteiger partial charge in [0.05, 0.1) is 5.69 Å². The Kier molecular flexibility index (Phi) is 4.04. The molecular weight excluding hydrogens is 324 g/mol. The number of rotatable bonds is 3. The second kappa shape index (κ2) is 5.58. The number of aromatic nitrogens is 2. The van der Waals surface area contributed by atoms with E-state index < -0.39 is 11.7 Å². The number of carboxylic acid groups (broad SMARTS) is 1. The van der Waals surface area contributed by atoms with E-state index in [1.54, 1.807) is 32.0 Å². The van der Waals surface area contributed by atoms with E-state index in [0.717, 1.165) is 4.47 Å². The van der Waals surface area contributed by atoms with Crippen LogP contribution in [0.5, 0.6) is 0 Å². The van der Waals surface area contributed by atoms with Crippen molar-refractivity contribution in [1.82, 2.24) is 9.55 Å². The highest BCUT2D eigenvalue weighted by molar-refractivity contribution is 9.10. The lowest BCUT2D eigenvalue weighted by Crippen LogP contribution is -2.26. The lowest BCUT2D eigenvalue weighted by atomic mass is 10.1. The molecule has 1 aromatic carbocycles. The molecule has 0 atom stereocenters. The molecule has 2 rings (SSSR count). The lowest BCUT2D eigenvalue weighted by Gasteiger charge is -2.12. The Morgan fingerprint density at radius 1 is 1.40 bits per heavy atom. The third kappa shape index (κ3) is 2.80. The van der Waals surface area contributed by atoms with E-state index in [9.17, 15) is 14.7 Å². The second-order valence-corrected chi connectivity index (χ2v) is 5.52. The number of benzene rings is 1. The predicted octanol–water partition coefficient (Wildman–Crippen LogP) is 2.95. The largest absolute Gasteiger partial charge is 0.478 e. The second-order valence-electron chi connectivity index (χ2n) is 4.60. The molecule has 1 N–H and O–H groups in total. The quantitative estimate of drug-likeness (QED) is 0.935. The van der Waals surface area contributed by atoms with Gasteiger partial charge in [0.2, 0.25) is 0 Å². The van der Waals surface area contributed by atoms with Crippen molar-refractivity contribution in [1.29, 1.82) is 0 Å². The summed E-state index contributed by atoms with van der Waals surface area (Å²) in [6.45, 7) is 3.60. The van der Waals surface area contributed by atoms with Crippen molar-refractivity contribution in [3.05, 3.63) is 51.0 Å². The molecule has 0 spiro atoms. The van der Waals surface area contributed by atoms with Crippen LogP contribution in [0.15, 0.2) is 39.7 Å². The number of carbonyl (C=O) groups is 1. The summed E-state index contributed by atoms with van der Waals surface area (Å²) < 4.78 is 2.10. The molecule has 0 aliphatic heterocycles. The first-order valence-electron chi connectivity index (χ1n) is 6.02. The maximum atomic E-state index is 12.0. The van der Waals surface area contributed by atoms with E-state index in [2.05, 4.69) is 20.9 Å². The van der Waals surface area contributed by atoms with E-state index in [0.29, 0.717) is 5.56 Å². The van der Waals surface area contributed by atoms with Crippen molar-refractivity contribution >= 4 is 21.9 Å². The van der Waals surface area contributed by atoms with Gasteiger partial charge in [-0.25, -0.2) is 9.59 Å². The van der Waals surface area contributed by atoms with Crippen LogP contribution in [-0.4, -0.2) is 20.6 Å². The molecule has 0 saturated carbocycles. The fraction of sp³-hybridized carbons (Fsp3) is 0.214. The molecule has 104 valence electrons. The minimum Gasteiger partial charge on any atom is -0.478 e. The average molecular weight is 337 g/mol. The van der Waals surface area contributed by atoms with Gasteiger partial charge in [0.1, 0.15) is 5.56 Å². The van der Waals surface area contributed by atoms with Crippen LogP contribution < -0.4 is 5.69 Å². The van der Waals surface area contributed by atoms with Gasteiger partial charge in [-0.05, 0) is 26.0 Å². The normalized spacial score (nSPS) is 10.8. The Labute approximate surface area is 124 Å². The Bertz CT molecular complexity index is 723. The summed E-state index contributed by atoms with van der Waals surface area (Å²) in [5.74, 6) is -1.11. The first-order valence-corrected chi connectivity index (χ1v) is 6.82. The van der Waals surface area contributed by atoms with E-state index in [-0.39, 0.29) is 17.3 Å². The van der Waals surface area contributed by atoms with E-state index in [1.807, 2.05) is 6.07 Å². The van der Waals surface area contributed by atoms with Gasteiger partial charge in [0.15, 0.2) is 0 Å². The fourth-order valence-corrected chi connectivity index (χ4v) is 2.25. The summed E-state index contributed by atoms with van der Waals surface area (Å²) >= 11 is 3.32. The zero-order chi connectivity index (χ0) is 14.9. The van der Waals surface area contributed by atoms with Crippen LogP contribution >= 0.6 is 15.9 Å². The van der Waals surface area contributed by atoms with Crippen LogP contribution in [0.4, 0.5) is 0 Å². The molecule has 0 fully saturated rings. The zero-order valence-corrected chi connectivity index (χ0v) is 12.6. The SMILES string of the molecule is CC(C)n1cc(C(=O)O)c(-c2cccc(Br)c2)nc1=O. The van der Waals surface area contributed by atoms with Crippen LogP contribution in [0.1, 0.15) is 30.2 Å². The summed E-state index contributed by atoms with van der Waals surface area (Å²) in [7, 11) is 0. The van der Waals surface area contributed by atoms with Gasteiger partial charge in [-0.1, -0.05) is 28.1 Å². The van der Waals surface area contributed by atoms with Crippen molar-refractivity contribution in [2.45, 2.75) is 19.9 Å². The summed E-state index contributed by atoms with van der Waals surface area (Å²) in [6.07, 6.45) is 1.35. The molecule has 0 aliphatic rings. The van der Waals surface area contributed by atoms with Crippen LogP contribution in [-0.2, 0) is 0 Å². The van der Waals surface area contributed by atoms with Crippen LogP contribution in [0, 0.1) is 0 Å². The number of hydrogen-bond acceptors (Lipinski definition) is 3. The van der Waals surface area contributed by atoms with Gasteiger partial charge in [-0.3, -0.25) is 4.57 Å². The summed E-state index contributed by atoms with van der Waals surface area (Å²) in [4.78, 5) is 27.3. The van der Waals surface area contributed by atoms with Crippen molar-refractivity contribution in [2.24, 2.45) is 0 Å². The molecule has 0 amide bonds. The number of nitrogens with zero attached hydrogens (tertiary/aromatic N) is 2. The number of carboxylic acids is 1. The Morgan fingerprint density at radius 3 is 2.65 bits per heavy atom. The van der Waals surface area contributed by atoms with E-state index >= 15 is 0 Å².